The van der Waals surface area contributed by atoms with Crippen LogP contribution in [0, 0.1) is 11.3 Å². The Kier molecular flexibility index (Phi) is 6.52. The van der Waals surface area contributed by atoms with Crippen LogP contribution in [0.2, 0.25) is 10.0 Å². The predicted octanol–water partition coefficient (Wildman–Crippen LogP) is 6.68. The van der Waals surface area contributed by atoms with Gasteiger partial charge in [-0.1, -0.05) is 53.5 Å². The molecular formula is C24H14Cl2N2O3S. The van der Waals surface area contributed by atoms with Crippen molar-refractivity contribution in [3.63, 3.8) is 0 Å². The summed E-state index contributed by atoms with van der Waals surface area (Å²) in [5.74, 6) is 0.0235. The molecule has 0 saturated carbocycles. The second kappa shape index (κ2) is 9.49. The summed E-state index contributed by atoms with van der Waals surface area (Å²) in [6.45, 7) is 0.196. The minimum Gasteiger partial charge on any atom is -0.487 e. The molecule has 8 heteroatoms. The van der Waals surface area contributed by atoms with Crippen molar-refractivity contribution in [3.8, 4) is 11.8 Å². The van der Waals surface area contributed by atoms with Crippen LogP contribution in [-0.2, 0) is 11.4 Å². The van der Waals surface area contributed by atoms with Gasteiger partial charge in [0.15, 0.2) is 0 Å². The van der Waals surface area contributed by atoms with E-state index in [1.54, 1.807) is 60.7 Å². The second-order valence-electron chi connectivity index (χ2n) is 6.74. The minimum absolute atomic E-state index is 0.196. The van der Waals surface area contributed by atoms with Gasteiger partial charge in [0.2, 0.25) is 0 Å². The molecule has 3 aromatic carbocycles. The molecule has 158 valence electrons. The highest BCUT2D eigenvalue weighted by atomic mass is 35.5. The Morgan fingerprint density at radius 2 is 1.84 bits per heavy atom. The molecule has 1 aliphatic heterocycles. The summed E-state index contributed by atoms with van der Waals surface area (Å²) in [7, 11) is 0. The molecule has 0 spiro atoms. The molecule has 32 heavy (non-hydrogen) atoms. The number of thioether (sulfide) groups is 1. The van der Waals surface area contributed by atoms with Gasteiger partial charge >= 0.3 is 0 Å². The number of anilines is 1. The van der Waals surface area contributed by atoms with E-state index in [-0.39, 0.29) is 11.5 Å². The van der Waals surface area contributed by atoms with Gasteiger partial charge in [0.1, 0.15) is 12.4 Å². The monoisotopic (exact) mass is 480 g/mol. The van der Waals surface area contributed by atoms with Gasteiger partial charge in [0, 0.05) is 10.6 Å². The maximum Gasteiger partial charge on any atom is 0.298 e. The quantitative estimate of drug-likeness (QED) is 0.380. The number of imide groups is 1. The Bertz CT molecular complexity index is 1300. The lowest BCUT2D eigenvalue weighted by atomic mass is 10.1. The number of hydrogen-bond donors (Lipinski definition) is 0. The van der Waals surface area contributed by atoms with Crippen molar-refractivity contribution in [1.82, 2.24) is 0 Å². The molecule has 0 N–H and O–H groups in total. The van der Waals surface area contributed by atoms with Crippen LogP contribution in [0.4, 0.5) is 10.5 Å². The highest BCUT2D eigenvalue weighted by molar-refractivity contribution is 8.19. The number of hydrogen-bond acceptors (Lipinski definition) is 5. The lowest BCUT2D eigenvalue weighted by Gasteiger charge is -2.12. The van der Waals surface area contributed by atoms with Gasteiger partial charge in [-0.3, -0.25) is 9.59 Å². The summed E-state index contributed by atoms with van der Waals surface area (Å²) < 4.78 is 5.76. The standard InChI is InChI=1S/C24H14Cl2N2O3S/c25-18-6-3-7-19(12-18)28-23(29)22(32-24(28)30)11-15-8-9-21(20(26)10-15)31-14-17-5-2-1-4-16(17)13-27/h1-12H,14H2. The van der Waals surface area contributed by atoms with Crippen molar-refractivity contribution in [1.29, 1.82) is 5.26 Å². The Morgan fingerprint density at radius 3 is 2.59 bits per heavy atom. The molecule has 1 fully saturated rings. The number of nitriles is 1. The smallest absolute Gasteiger partial charge is 0.298 e. The van der Waals surface area contributed by atoms with Crippen LogP contribution in [0.25, 0.3) is 6.08 Å². The van der Waals surface area contributed by atoms with Crippen molar-refractivity contribution in [3.05, 3.63) is 98.4 Å². The van der Waals surface area contributed by atoms with Gasteiger partial charge in [-0.15, -0.1) is 0 Å². The maximum absolute atomic E-state index is 12.8. The first-order valence-corrected chi connectivity index (χ1v) is 11.0. The first-order chi connectivity index (χ1) is 15.5. The highest BCUT2D eigenvalue weighted by Gasteiger charge is 2.36. The molecule has 0 radical (unpaired) electrons. The highest BCUT2D eigenvalue weighted by Crippen LogP contribution is 2.37. The molecule has 2 amide bonds. The molecular weight excluding hydrogens is 467 g/mol. The average Bonchev–Trinajstić information content (AvgIpc) is 3.06. The van der Waals surface area contributed by atoms with Gasteiger partial charge in [-0.05, 0) is 59.8 Å². The van der Waals surface area contributed by atoms with Crippen molar-refractivity contribution in [2.24, 2.45) is 0 Å². The first kappa shape index (κ1) is 22.0. The number of rotatable bonds is 5. The van der Waals surface area contributed by atoms with Crippen LogP contribution in [-0.4, -0.2) is 11.1 Å². The van der Waals surface area contributed by atoms with Crippen LogP contribution in [0.15, 0.2) is 71.6 Å². The molecule has 0 aromatic heterocycles. The van der Waals surface area contributed by atoms with Gasteiger partial charge in [-0.2, -0.15) is 5.26 Å². The van der Waals surface area contributed by atoms with E-state index >= 15 is 0 Å². The summed E-state index contributed by atoms with van der Waals surface area (Å²) in [6, 6.07) is 20.9. The zero-order chi connectivity index (χ0) is 22.7. The van der Waals surface area contributed by atoms with Crippen LogP contribution < -0.4 is 9.64 Å². The molecule has 1 heterocycles. The van der Waals surface area contributed by atoms with Crippen LogP contribution in [0.3, 0.4) is 0 Å². The molecule has 0 aliphatic carbocycles. The van der Waals surface area contributed by atoms with E-state index in [1.807, 2.05) is 12.1 Å². The SMILES string of the molecule is N#Cc1ccccc1COc1ccc(C=C2SC(=O)N(c3cccc(Cl)c3)C2=O)cc1Cl. The molecule has 1 aliphatic rings. The number of halogens is 2. The van der Waals surface area contributed by atoms with E-state index < -0.39 is 11.1 Å². The molecule has 3 aromatic rings. The summed E-state index contributed by atoms with van der Waals surface area (Å²) in [5, 5.41) is 9.57. The van der Waals surface area contributed by atoms with Gasteiger partial charge in [0.25, 0.3) is 11.1 Å². The number of benzene rings is 3. The van der Waals surface area contributed by atoms with E-state index in [0.29, 0.717) is 32.6 Å². The zero-order valence-corrected chi connectivity index (χ0v) is 18.7. The van der Waals surface area contributed by atoms with E-state index in [4.69, 9.17) is 27.9 Å². The number of ether oxygens (including phenoxy) is 1. The zero-order valence-electron chi connectivity index (χ0n) is 16.4. The lowest BCUT2D eigenvalue weighted by Crippen LogP contribution is -2.27. The molecule has 0 unspecified atom stereocenters. The Balaban J connectivity index is 1.51. The fraction of sp³-hybridized carbons (Fsp3) is 0.0417. The molecule has 5 nitrogen and oxygen atoms in total. The van der Waals surface area contributed by atoms with Crippen molar-refractivity contribution in [2.75, 3.05) is 4.90 Å². The third kappa shape index (κ3) is 4.66. The first-order valence-electron chi connectivity index (χ1n) is 9.40. The third-order valence-electron chi connectivity index (χ3n) is 4.63. The molecule has 0 atom stereocenters. The summed E-state index contributed by atoms with van der Waals surface area (Å²) in [6.07, 6.45) is 1.61. The van der Waals surface area contributed by atoms with Gasteiger partial charge in [0.05, 0.1) is 27.2 Å². The fourth-order valence-electron chi connectivity index (χ4n) is 3.09. The van der Waals surface area contributed by atoms with Crippen LogP contribution in [0.5, 0.6) is 5.75 Å². The molecule has 1 saturated heterocycles. The molecule has 4 rings (SSSR count). The van der Waals surface area contributed by atoms with Crippen LogP contribution in [0.1, 0.15) is 16.7 Å². The summed E-state index contributed by atoms with van der Waals surface area (Å²) >= 11 is 13.2. The Morgan fingerprint density at radius 1 is 1.03 bits per heavy atom. The average molecular weight is 481 g/mol. The second-order valence-corrected chi connectivity index (χ2v) is 8.58. The number of carbonyl (C=O) groups is 2. The Hall–Kier alpha value is -3.24. The largest absolute Gasteiger partial charge is 0.487 e. The van der Waals surface area contributed by atoms with E-state index in [9.17, 15) is 14.9 Å². The summed E-state index contributed by atoms with van der Waals surface area (Å²) in [5.41, 5.74) is 2.36. The van der Waals surface area contributed by atoms with Crippen molar-refractivity contribution >= 4 is 57.9 Å². The van der Waals surface area contributed by atoms with Gasteiger partial charge in [-0.25, -0.2) is 4.90 Å². The van der Waals surface area contributed by atoms with Crippen molar-refractivity contribution in [2.45, 2.75) is 6.61 Å². The van der Waals surface area contributed by atoms with Crippen molar-refractivity contribution < 1.29 is 14.3 Å². The lowest BCUT2D eigenvalue weighted by molar-refractivity contribution is -0.113. The van der Waals surface area contributed by atoms with Crippen LogP contribution >= 0.6 is 35.0 Å². The summed E-state index contributed by atoms with van der Waals surface area (Å²) in [4.78, 5) is 26.6. The van der Waals surface area contributed by atoms with E-state index in [0.717, 1.165) is 22.2 Å². The number of amides is 2. The molecule has 0 bridgehead atoms. The third-order valence-corrected chi connectivity index (χ3v) is 6.03. The minimum atomic E-state index is -0.424. The van der Waals surface area contributed by atoms with E-state index in [2.05, 4.69) is 6.07 Å². The fourth-order valence-corrected chi connectivity index (χ4v) is 4.36. The van der Waals surface area contributed by atoms with Gasteiger partial charge < -0.3 is 4.74 Å². The normalized spacial score (nSPS) is 14.7. The Labute approximate surface area is 198 Å². The van der Waals surface area contributed by atoms with E-state index in [1.165, 1.54) is 0 Å². The number of nitrogens with zero attached hydrogens (tertiary/aromatic N) is 2. The maximum atomic E-state index is 12.8. The number of carbonyl (C=O) groups excluding carboxylic acids is 2. The topological polar surface area (TPSA) is 70.4 Å². The predicted molar refractivity (Wildman–Crippen MR) is 127 cm³/mol.